The van der Waals surface area contributed by atoms with Gasteiger partial charge in [0, 0.05) is 13.2 Å². The van der Waals surface area contributed by atoms with Gasteiger partial charge < -0.3 is 4.74 Å². The van der Waals surface area contributed by atoms with E-state index in [2.05, 4.69) is 5.10 Å². The Hall–Kier alpha value is -0.590. The van der Waals surface area contributed by atoms with Crippen LogP contribution < -0.4 is 0 Å². The minimum absolute atomic E-state index is 0.0911. The predicted molar refractivity (Wildman–Crippen MR) is 64.9 cm³/mol. The fourth-order valence-electron chi connectivity index (χ4n) is 2.16. The normalized spacial score (nSPS) is 27.5. The van der Waals surface area contributed by atoms with Gasteiger partial charge in [-0.3, -0.25) is 0 Å². The Bertz CT molecular complexity index is 526. The molecule has 1 aromatic heterocycles. The number of hydrogen-bond acceptors (Lipinski definition) is 4. The summed E-state index contributed by atoms with van der Waals surface area (Å²) in [5.41, 5.74) is 0.171. The van der Waals surface area contributed by atoms with Gasteiger partial charge in [-0.2, -0.15) is 5.10 Å². The van der Waals surface area contributed by atoms with E-state index in [1.807, 2.05) is 6.92 Å². The SMILES string of the molecule is COCc1cc(Cl)n(C2(C)CCS(=O)(=O)C2)n1. The van der Waals surface area contributed by atoms with Crippen molar-refractivity contribution in [2.75, 3.05) is 18.6 Å². The molecule has 1 saturated heterocycles. The molecule has 5 nitrogen and oxygen atoms in total. The standard InChI is InChI=1S/C10H15ClN2O3S/c1-10(3-4-17(14,15)7-10)13-9(11)5-8(12-13)6-16-2/h5H,3-4,6-7H2,1-2H3. The van der Waals surface area contributed by atoms with Crippen LogP contribution in [0, 0.1) is 0 Å². The van der Waals surface area contributed by atoms with Gasteiger partial charge in [0.1, 0.15) is 5.15 Å². The molecule has 2 heterocycles. The molecular formula is C10H15ClN2O3S. The molecule has 17 heavy (non-hydrogen) atoms. The first-order chi connectivity index (χ1) is 7.86. The van der Waals surface area contributed by atoms with Crippen LogP contribution in [-0.2, 0) is 26.7 Å². The van der Waals surface area contributed by atoms with Crippen molar-refractivity contribution in [2.45, 2.75) is 25.5 Å². The van der Waals surface area contributed by atoms with Gasteiger partial charge in [0.15, 0.2) is 9.84 Å². The number of methoxy groups -OCH3 is 1. The summed E-state index contributed by atoms with van der Waals surface area (Å²) in [6, 6.07) is 1.71. The van der Waals surface area contributed by atoms with E-state index >= 15 is 0 Å². The summed E-state index contributed by atoms with van der Waals surface area (Å²) < 4.78 is 29.7. The van der Waals surface area contributed by atoms with Crippen molar-refractivity contribution in [3.8, 4) is 0 Å². The number of ether oxygens (including phenoxy) is 1. The molecular weight excluding hydrogens is 264 g/mol. The first-order valence-corrected chi connectivity index (χ1v) is 7.50. The van der Waals surface area contributed by atoms with E-state index in [0.29, 0.717) is 23.9 Å². The predicted octanol–water partition coefficient (Wildman–Crippen LogP) is 1.22. The van der Waals surface area contributed by atoms with E-state index in [4.69, 9.17) is 16.3 Å². The second kappa shape index (κ2) is 4.26. The van der Waals surface area contributed by atoms with Crippen molar-refractivity contribution in [1.82, 2.24) is 9.78 Å². The third kappa shape index (κ3) is 2.48. The van der Waals surface area contributed by atoms with Gasteiger partial charge in [-0.05, 0) is 13.3 Å². The molecule has 1 unspecified atom stereocenters. The Balaban J connectivity index is 2.34. The summed E-state index contributed by atoms with van der Waals surface area (Å²) in [6.07, 6.45) is 0.545. The van der Waals surface area contributed by atoms with Gasteiger partial charge in [0.2, 0.25) is 0 Å². The molecule has 7 heteroatoms. The van der Waals surface area contributed by atoms with E-state index in [0.717, 1.165) is 0 Å². The van der Waals surface area contributed by atoms with Crippen molar-refractivity contribution >= 4 is 21.4 Å². The van der Waals surface area contributed by atoms with Crippen LogP contribution >= 0.6 is 11.6 Å². The molecule has 0 aromatic carbocycles. The maximum atomic E-state index is 11.6. The molecule has 1 aliphatic rings. The van der Waals surface area contributed by atoms with Crippen molar-refractivity contribution in [3.63, 3.8) is 0 Å². The van der Waals surface area contributed by atoms with Crippen molar-refractivity contribution in [2.24, 2.45) is 0 Å². The average molecular weight is 279 g/mol. The molecule has 0 bridgehead atoms. The zero-order valence-electron chi connectivity index (χ0n) is 9.81. The summed E-state index contributed by atoms with van der Waals surface area (Å²) in [5.74, 6) is 0.285. The van der Waals surface area contributed by atoms with Crippen LogP contribution in [0.2, 0.25) is 5.15 Å². The summed E-state index contributed by atoms with van der Waals surface area (Å²) in [5, 5.41) is 4.77. The lowest BCUT2D eigenvalue weighted by Crippen LogP contribution is -2.32. The lowest BCUT2D eigenvalue weighted by molar-refractivity contribution is 0.179. The third-order valence-electron chi connectivity index (χ3n) is 3.00. The van der Waals surface area contributed by atoms with Crippen LogP contribution in [0.25, 0.3) is 0 Å². The lowest BCUT2D eigenvalue weighted by Gasteiger charge is -2.23. The molecule has 1 fully saturated rings. The highest BCUT2D eigenvalue weighted by molar-refractivity contribution is 7.91. The maximum Gasteiger partial charge on any atom is 0.152 e. The van der Waals surface area contributed by atoms with Crippen LogP contribution in [0.3, 0.4) is 0 Å². The number of rotatable bonds is 3. The highest BCUT2D eigenvalue weighted by Gasteiger charge is 2.41. The Morgan fingerprint density at radius 1 is 1.65 bits per heavy atom. The number of halogens is 1. The van der Waals surface area contributed by atoms with Crippen molar-refractivity contribution in [3.05, 3.63) is 16.9 Å². The van der Waals surface area contributed by atoms with Crippen molar-refractivity contribution in [1.29, 1.82) is 0 Å². The van der Waals surface area contributed by atoms with E-state index in [-0.39, 0.29) is 11.5 Å². The Labute approximate surface area is 106 Å². The quantitative estimate of drug-likeness (QED) is 0.834. The Morgan fingerprint density at radius 2 is 2.35 bits per heavy atom. The maximum absolute atomic E-state index is 11.6. The summed E-state index contributed by atoms with van der Waals surface area (Å²) in [4.78, 5) is 0. The van der Waals surface area contributed by atoms with E-state index in [1.54, 1.807) is 17.9 Å². The largest absolute Gasteiger partial charge is 0.378 e. The molecule has 2 rings (SSSR count). The Morgan fingerprint density at radius 3 is 2.88 bits per heavy atom. The molecule has 1 aliphatic heterocycles. The third-order valence-corrected chi connectivity index (χ3v) is 5.16. The van der Waals surface area contributed by atoms with Crippen LogP contribution in [0.5, 0.6) is 0 Å². The first kappa shape index (κ1) is 12.9. The summed E-state index contributed by atoms with van der Waals surface area (Å²) >= 11 is 6.09. The summed E-state index contributed by atoms with van der Waals surface area (Å²) in [7, 11) is -1.39. The number of hydrogen-bond donors (Lipinski definition) is 0. The minimum atomic E-state index is -2.97. The van der Waals surface area contributed by atoms with Gasteiger partial charge in [0.05, 0.1) is 29.3 Å². The molecule has 0 N–H and O–H groups in total. The van der Waals surface area contributed by atoms with Gasteiger partial charge in [0.25, 0.3) is 0 Å². The highest BCUT2D eigenvalue weighted by Crippen LogP contribution is 2.33. The zero-order valence-corrected chi connectivity index (χ0v) is 11.4. The minimum Gasteiger partial charge on any atom is -0.378 e. The van der Waals surface area contributed by atoms with Gasteiger partial charge in [-0.25, -0.2) is 13.1 Å². The fraction of sp³-hybridized carbons (Fsp3) is 0.700. The molecule has 0 amide bonds. The smallest absolute Gasteiger partial charge is 0.152 e. The van der Waals surface area contributed by atoms with Crippen LogP contribution in [0.1, 0.15) is 19.0 Å². The van der Waals surface area contributed by atoms with Crippen LogP contribution in [0.15, 0.2) is 6.07 Å². The number of aromatic nitrogens is 2. The molecule has 0 aliphatic carbocycles. The monoisotopic (exact) mass is 278 g/mol. The number of nitrogens with zero attached hydrogens (tertiary/aromatic N) is 2. The van der Waals surface area contributed by atoms with Gasteiger partial charge >= 0.3 is 0 Å². The molecule has 0 saturated carbocycles. The second-order valence-corrected chi connectivity index (χ2v) is 7.21. The first-order valence-electron chi connectivity index (χ1n) is 5.31. The lowest BCUT2D eigenvalue weighted by atomic mass is 10.0. The Kier molecular flexibility index (Phi) is 3.22. The summed E-state index contributed by atoms with van der Waals surface area (Å²) in [6.45, 7) is 2.24. The van der Waals surface area contributed by atoms with E-state index in [1.165, 1.54) is 0 Å². The second-order valence-electron chi connectivity index (χ2n) is 4.64. The molecule has 1 atom stereocenters. The zero-order chi connectivity index (χ0) is 12.7. The van der Waals surface area contributed by atoms with Crippen LogP contribution in [0.4, 0.5) is 0 Å². The van der Waals surface area contributed by atoms with Crippen LogP contribution in [-0.4, -0.2) is 36.8 Å². The van der Waals surface area contributed by atoms with Gasteiger partial charge in [-0.1, -0.05) is 11.6 Å². The van der Waals surface area contributed by atoms with E-state index in [9.17, 15) is 8.42 Å². The fourth-order valence-corrected chi connectivity index (χ4v) is 4.64. The number of sulfone groups is 1. The molecule has 0 radical (unpaired) electrons. The molecule has 1 aromatic rings. The average Bonchev–Trinajstić information content (AvgIpc) is 2.69. The molecule has 96 valence electrons. The van der Waals surface area contributed by atoms with E-state index < -0.39 is 15.4 Å². The van der Waals surface area contributed by atoms with Gasteiger partial charge in [-0.15, -0.1) is 0 Å². The molecule has 0 spiro atoms. The van der Waals surface area contributed by atoms with Crippen molar-refractivity contribution < 1.29 is 13.2 Å². The highest BCUT2D eigenvalue weighted by atomic mass is 35.5. The topological polar surface area (TPSA) is 61.2 Å².